The molecule has 1 aromatic heterocycles. The number of hydrogen-bond donors (Lipinski definition) is 1. The van der Waals surface area contributed by atoms with E-state index in [2.05, 4.69) is 48.1 Å². The molecular weight excluding hydrogens is 501 g/mol. The van der Waals surface area contributed by atoms with Gasteiger partial charge >= 0.3 is 0 Å². The van der Waals surface area contributed by atoms with Crippen LogP contribution in [0.5, 0.6) is 11.5 Å². The van der Waals surface area contributed by atoms with Gasteiger partial charge in [0.25, 0.3) is 0 Å². The Morgan fingerprint density at radius 3 is 2.59 bits per heavy atom. The highest BCUT2D eigenvalue weighted by Gasteiger charge is 2.16. The predicted octanol–water partition coefficient (Wildman–Crippen LogP) is 4.33. The van der Waals surface area contributed by atoms with Gasteiger partial charge in [-0.05, 0) is 31.3 Å². The Labute approximate surface area is 201 Å². The highest BCUT2D eigenvalue weighted by Crippen LogP contribution is 2.35. The minimum absolute atomic E-state index is 0. The third kappa shape index (κ3) is 5.78. The maximum Gasteiger partial charge on any atom is 0.163 e. The summed E-state index contributed by atoms with van der Waals surface area (Å²) in [6, 6.07) is 8.48. The lowest BCUT2D eigenvalue weighted by Gasteiger charge is -2.32. The highest BCUT2D eigenvalue weighted by atomic mass is 79.9. The molecule has 2 heterocycles. The van der Waals surface area contributed by atoms with Crippen LogP contribution in [0.4, 0.5) is 15.9 Å². The molecule has 1 aliphatic heterocycles. The first-order valence-corrected chi connectivity index (χ1v) is 10.9. The number of nitrogens with one attached hydrogen (secondary N) is 1. The van der Waals surface area contributed by atoms with E-state index in [1.54, 1.807) is 19.2 Å². The number of methoxy groups -OCH3 is 1. The Balaban J connectivity index is 0.00000289. The second-order valence-electron chi connectivity index (χ2n) is 7.49. The van der Waals surface area contributed by atoms with Gasteiger partial charge in [-0.2, -0.15) is 0 Å². The van der Waals surface area contributed by atoms with Crippen molar-refractivity contribution in [2.45, 2.75) is 0 Å². The number of halogens is 3. The average Bonchev–Trinajstić information content (AvgIpc) is 2.76. The molecule has 0 atom stereocenters. The van der Waals surface area contributed by atoms with Crippen molar-refractivity contribution in [1.82, 2.24) is 19.8 Å². The maximum absolute atomic E-state index is 14.3. The van der Waals surface area contributed by atoms with Crippen molar-refractivity contribution in [2.75, 3.05) is 58.8 Å². The van der Waals surface area contributed by atoms with Crippen LogP contribution in [0, 0.1) is 5.82 Å². The molecule has 32 heavy (non-hydrogen) atoms. The summed E-state index contributed by atoms with van der Waals surface area (Å²) < 4.78 is 26.5. The van der Waals surface area contributed by atoms with E-state index in [4.69, 9.17) is 9.47 Å². The molecule has 0 radical (unpaired) electrons. The van der Waals surface area contributed by atoms with E-state index in [0.29, 0.717) is 45.0 Å². The second-order valence-corrected chi connectivity index (χ2v) is 8.40. The Kier molecular flexibility index (Phi) is 8.47. The molecule has 0 saturated carbocycles. The maximum atomic E-state index is 14.3. The normalized spacial score (nSPS) is 14.8. The Bertz CT molecular complexity index is 1070. The minimum Gasteiger partial charge on any atom is -0.493 e. The van der Waals surface area contributed by atoms with E-state index in [1.165, 1.54) is 12.4 Å². The Hall–Kier alpha value is -2.20. The number of ether oxygens (including phenoxy) is 2. The standard InChI is InChI=1S/C22H25BrFN5O2.ClH/c1-28-5-7-29(8-6-28)9-10-31-21-13-19-16(12-20(21)30-2)22(26-14-25-19)27-18-4-3-15(23)11-17(18)24;/h3-4,11-14H,5-10H2,1-2H3,(H,25,26,27);1H. The first-order chi connectivity index (χ1) is 15.0. The van der Waals surface area contributed by atoms with Crippen LogP contribution in [-0.2, 0) is 0 Å². The number of hydrogen-bond acceptors (Lipinski definition) is 7. The zero-order valence-corrected chi connectivity index (χ0v) is 20.4. The quantitative estimate of drug-likeness (QED) is 0.492. The summed E-state index contributed by atoms with van der Waals surface area (Å²) in [5.41, 5.74) is 1.01. The molecule has 172 valence electrons. The van der Waals surface area contributed by atoms with Gasteiger partial charge in [0.1, 0.15) is 24.6 Å². The van der Waals surface area contributed by atoms with Gasteiger partial charge in [0.05, 0.1) is 18.3 Å². The number of fused-ring (bicyclic) bond motifs is 1. The lowest BCUT2D eigenvalue weighted by Crippen LogP contribution is -2.45. The monoisotopic (exact) mass is 525 g/mol. The van der Waals surface area contributed by atoms with Gasteiger partial charge in [-0.25, -0.2) is 14.4 Å². The van der Waals surface area contributed by atoms with E-state index in [0.717, 1.165) is 32.7 Å². The SMILES string of the molecule is COc1cc2c(Nc3ccc(Br)cc3F)ncnc2cc1OCCN1CCN(C)CC1.Cl. The van der Waals surface area contributed by atoms with Crippen LogP contribution in [0.2, 0.25) is 0 Å². The fraction of sp³-hybridized carbons (Fsp3) is 0.364. The molecule has 1 N–H and O–H groups in total. The molecule has 1 aliphatic rings. The average molecular weight is 527 g/mol. The zero-order valence-electron chi connectivity index (χ0n) is 18.0. The first kappa shape index (κ1) is 24.4. The molecule has 0 unspecified atom stereocenters. The molecule has 4 rings (SSSR count). The van der Waals surface area contributed by atoms with Crippen LogP contribution in [-0.4, -0.2) is 73.3 Å². The van der Waals surface area contributed by atoms with Gasteiger partial charge in [0.15, 0.2) is 11.5 Å². The number of nitrogens with zero attached hydrogens (tertiary/aromatic N) is 4. The zero-order chi connectivity index (χ0) is 21.8. The van der Waals surface area contributed by atoms with Crippen molar-refractivity contribution >= 4 is 50.7 Å². The smallest absolute Gasteiger partial charge is 0.163 e. The van der Waals surface area contributed by atoms with Crippen LogP contribution in [0.3, 0.4) is 0 Å². The van der Waals surface area contributed by atoms with E-state index in [9.17, 15) is 4.39 Å². The summed E-state index contributed by atoms with van der Waals surface area (Å²) >= 11 is 3.27. The van der Waals surface area contributed by atoms with E-state index in [1.807, 2.05) is 12.1 Å². The molecule has 7 nitrogen and oxygen atoms in total. The third-order valence-electron chi connectivity index (χ3n) is 5.37. The molecular formula is C22H26BrClFN5O2. The lowest BCUT2D eigenvalue weighted by molar-refractivity contribution is 0.133. The number of rotatable bonds is 7. The summed E-state index contributed by atoms with van der Waals surface area (Å²) in [7, 11) is 3.74. The number of aromatic nitrogens is 2. The number of likely N-dealkylation sites (N-methyl/N-ethyl adjacent to an activating group) is 1. The summed E-state index contributed by atoms with van der Waals surface area (Å²) in [6.07, 6.45) is 1.45. The Morgan fingerprint density at radius 2 is 1.88 bits per heavy atom. The molecule has 2 aromatic carbocycles. The number of anilines is 2. The lowest BCUT2D eigenvalue weighted by atomic mass is 10.2. The van der Waals surface area contributed by atoms with Gasteiger partial charge in [0, 0.05) is 48.6 Å². The molecule has 1 saturated heterocycles. The van der Waals surface area contributed by atoms with Crippen molar-refractivity contribution in [3.63, 3.8) is 0 Å². The fourth-order valence-corrected chi connectivity index (χ4v) is 3.84. The topological polar surface area (TPSA) is 62.8 Å². The molecule has 10 heteroatoms. The minimum atomic E-state index is -0.378. The molecule has 0 spiro atoms. The fourth-order valence-electron chi connectivity index (χ4n) is 3.51. The van der Waals surface area contributed by atoms with Crippen molar-refractivity contribution in [3.05, 3.63) is 46.9 Å². The summed E-state index contributed by atoms with van der Waals surface area (Å²) in [5, 5.41) is 3.76. The van der Waals surface area contributed by atoms with Crippen molar-refractivity contribution in [3.8, 4) is 11.5 Å². The van der Waals surface area contributed by atoms with Gasteiger partial charge in [0.2, 0.25) is 0 Å². The molecule has 0 aliphatic carbocycles. The van der Waals surface area contributed by atoms with Crippen molar-refractivity contribution in [2.24, 2.45) is 0 Å². The molecule has 3 aromatic rings. The highest BCUT2D eigenvalue weighted by molar-refractivity contribution is 9.10. The third-order valence-corrected chi connectivity index (χ3v) is 5.86. The first-order valence-electron chi connectivity index (χ1n) is 10.1. The van der Waals surface area contributed by atoms with Crippen LogP contribution >= 0.6 is 28.3 Å². The van der Waals surface area contributed by atoms with Gasteiger partial charge in [-0.1, -0.05) is 15.9 Å². The summed E-state index contributed by atoms with van der Waals surface area (Å²) in [6.45, 7) is 5.66. The predicted molar refractivity (Wildman–Crippen MR) is 130 cm³/mol. The van der Waals surface area contributed by atoms with Gasteiger partial charge < -0.3 is 19.7 Å². The number of piperazine rings is 1. The van der Waals surface area contributed by atoms with Crippen molar-refractivity contribution in [1.29, 1.82) is 0 Å². The molecule has 0 amide bonds. The van der Waals surface area contributed by atoms with Crippen LogP contribution in [0.1, 0.15) is 0 Å². The van der Waals surface area contributed by atoms with E-state index >= 15 is 0 Å². The van der Waals surface area contributed by atoms with Crippen molar-refractivity contribution < 1.29 is 13.9 Å². The molecule has 0 bridgehead atoms. The summed E-state index contributed by atoms with van der Waals surface area (Å²) in [5.74, 6) is 1.33. The van der Waals surface area contributed by atoms with E-state index < -0.39 is 0 Å². The van der Waals surface area contributed by atoms with Crippen LogP contribution in [0.15, 0.2) is 41.1 Å². The van der Waals surface area contributed by atoms with Gasteiger partial charge in [-0.3, -0.25) is 4.90 Å². The number of benzene rings is 2. The van der Waals surface area contributed by atoms with Crippen LogP contribution < -0.4 is 14.8 Å². The van der Waals surface area contributed by atoms with Gasteiger partial charge in [-0.15, -0.1) is 12.4 Å². The summed E-state index contributed by atoms with van der Waals surface area (Å²) in [4.78, 5) is 13.4. The second kappa shape index (κ2) is 11.1. The van der Waals surface area contributed by atoms with E-state index in [-0.39, 0.29) is 18.2 Å². The van der Waals surface area contributed by atoms with Crippen LogP contribution in [0.25, 0.3) is 10.9 Å². The Morgan fingerprint density at radius 1 is 1.09 bits per heavy atom. The molecule has 1 fully saturated rings. The largest absolute Gasteiger partial charge is 0.493 e.